The van der Waals surface area contributed by atoms with E-state index in [2.05, 4.69) is 30.1 Å². The van der Waals surface area contributed by atoms with Gasteiger partial charge in [0.05, 0.1) is 18.4 Å². The second-order valence-electron chi connectivity index (χ2n) is 5.35. The fourth-order valence-electron chi connectivity index (χ4n) is 2.26. The molecule has 0 saturated heterocycles. The van der Waals surface area contributed by atoms with Gasteiger partial charge in [0, 0.05) is 10.9 Å². The summed E-state index contributed by atoms with van der Waals surface area (Å²) in [4.78, 5) is 4.61. The average molecular weight is 332 g/mol. The summed E-state index contributed by atoms with van der Waals surface area (Å²) >= 11 is 1.48. The summed E-state index contributed by atoms with van der Waals surface area (Å²) < 4.78 is 5.15. The lowest BCUT2D eigenvalue weighted by Crippen LogP contribution is -1.84. The number of nitrogens with zero attached hydrogens (tertiary/aromatic N) is 2. The van der Waals surface area contributed by atoms with Crippen LogP contribution in [-0.2, 0) is 0 Å². The highest BCUT2D eigenvalue weighted by Gasteiger charge is 2.09. The highest BCUT2D eigenvalue weighted by molar-refractivity contribution is 7.11. The molecule has 24 heavy (non-hydrogen) atoms. The maximum absolute atomic E-state index is 9.48. The molecular formula is C20H16N2OS. The molecule has 0 aliphatic rings. The first-order valence-electron chi connectivity index (χ1n) is 7.48. The van der Waals surface area contributed by atoms with Crippen LogP contribution in [0.1, 0.15) is 16.1 Å². The van der Waals surface area contributed by atoms with Gasteiger partial charge < -0.3 is 4.74 Å². The van der Waals surface area contributed by atoms with E-state index in [1.165, 1.54) is 16.9 Å². The van der Waals surface area contributed by atoms with Crippen molar-refractivity contribution in [3.8, 4) is 23.1 Å². The zero-order valence-electron chi connectivity index (χ0n) is 13.5. The van der Waals surface area contributed by atoms with Crippen LogP contribution in [0, 0.1) is 18.3 Å². The number of methoxy groups -OCH3 is 1. The Bertz CT molecular complexity index is 900. The average Bonchev–Trinajstić information content (AvgIpc) is 3.10. The van der Waals surface area contributed by atoms with Crippen LogP contribution in [0.4, 0.5) is 0 Å². The molecule has 2 aromatic carbocycles. The highest BCUT2D eigenvalue weighted by Crippen LogP contribution is 2.27. The molecule has 0 radical (unpaired) electrons. The molecule has 0 aliphatic carbocycles. The quantitative estimate of drug-likeness (QED) is 0.618. The Morgan fingerprint density at radius 3 is 2.46 bits per heavy atom. The van der Waals surface area contributed by atoms with Gasteiger partial charge in [-0.2, -0.15) is 5.26 Å². The predicted octanol–water partition coefficient (Wildman–Crippen LogP) is 5.19. The molecule has 1 heterocycles. The predicted molar refractivity (Wildman–Crippen MR) is 98.8 cm³/mol. The molecular weight excluding hydrogens is 316 g/mol. The third-order valence-corrected chi connectivity index (χ3v) is 4.50. The zero-order chi connectivity index (χ0) is 16.9. The minimum Gasteiger partial charge on any atom is -0.497 e. The number of hydrogen-bond donors (Lipinski definition) is 0. The number of rotatable bonds is 4. The minimum absolute atomic E-state index is 0.559. The monoisotopic (exact) mass is 332 g/mol. The van der Waals surface area contributed by atoms with Crippen molar-refractivity contribution in [1.29, 1.82) is 5.26 Å². The summed E-state index contributed by atoms with van der Waals surface area (Å²) in [6.45, 7) is 2.06. The number of nitriles is 1. The van der Waals surface area contributed by atoms with Gasteiger partial charge in [-0.3, -0.25) is 0 Å². The van der Waals surface area contributed by atoms with Crippen molar-refractivity contribution in [3.05, 3.63) is 70.0 Å². The van der Waals surface area contributed by atoms with Gasteiger partial charge in [0.15, 0.2) is 0 Å². The van der Waals surface area contributed by atoms with Crippen LogP contribution in [0.2, 0.25) is 0 Å². The second-order valence-corrected chi connectivity index (χ2v) is 6.21. The molecule has 3 aromatic rings. The molecule has 0 amide bonds. The fraction of sp³-hybridized carbons (Fsp3) is 0.100. The topological polar surface area (TPSA) is 45.9 Å². The first-order valence-corrected chi connectivity index (χ1v) is 8.36. The molecule has 3 rings (SSSR count). The van der Waals surface area contributed by atoms with Gasteiger partial charge in [-0.25, -0.2) is 4.98 Å². The van der Waals surface area contributed by atoms with E-state index in [0.29, 0.717) is 5.57 Å². The zero-order valence-corrected chi connectivity index (χ0v) is 14.3. The van der Waals surface area contributed by atoms with Crippen LogP contribution in [0.25, 0.3) is 22.9 Å². The van der Waals surface area contributed by atoms with E-state index in [9.17, 15) is 5.26 Å². The fourth-order valence-corrected chi connectivity index (χ4v) is 3.06. The molecule has 0 spiro atoms. The molecule has 0 saturated carbocycles. The van der Waals surface area contributed by atoms with E-state index in [4.69, 9.17) is 4.74 Å². The van der Waals surface area contributed by atoms with E-state index in [0.717, 1.165) is 27.6 Å². The molecule has 0 N–H and O–H groups in total. The SMILES string of the molecule is COc1ccc(/C=C(/C#N)c2nc(-c3ccc(C)cc3)cs2)cc1. The summed E-state index contributed by atoms with van der Waals surface area (Å²) in [5, 5.41) is 12.2. The van der Waals surface area contributed by atoms with Crippen molar-refractivity contribution in [2.45, 2.75) is 6.92 Å². The third kappa shape index (κ3) is 3.53. The molecule has 0 fully saturated rings. The third-order valence-electron chi connectivity index (χ3n) is 3.63. The molecule has 0 unspecified atom stereocenters. The standard InChI is InChI=1S/C20H16N2OS/c1-14-3-7-16(8-4-14)19-13-24-20(22-19)17(12-21)11-15-5-9-18(23-2)10-6-15/h3-11,13H,1-2H3/b17-11-. The molecule has 1 aromatic heterocycles. The van der Waals surface area contributed by atoms with Gasteiger partial charge in [0.1, 0.15) is 16.8 Å². The van der Waals surface area contributed by atoms with Gasteiger partial charge in [-0.1, -0.05) is 42.0 Å². The number of allylic oxidation sites excluding steroid dienone is 1. The van der Waals surface area contributed by atoms with Crippen molar-refractivity contribution >= 4 is 23.0 Å². The van der Waals surface area contributed by atoms with Crippen molar-refractivity contribution in [3.63, 3.8) is 0 Å². The number of hydrogen-bond acceptors (Lipinski definition) is 4. The second kappa shape index (κ2) is 7.12. The van der Waals surface area contributed by atoms with Crippen molar-refractivity contribution < 1.29 is 4.74 Å². The van der Waals surface area contributed by atoms with E-state index in [1.807, 2.05) is 47.9 Å². The van der Waals surface area contributed by atoms with Crippen LogP contribution in [0.3, 0.4) is 0 Å². The van der Waals surface area contributed by atoms with E-state index >= 15 is 0 Å². The summed E-state index contributed by atoms with van der Waals surface area (Å²) in [5.41, 5.74) is 4.67. The van der Waals surface area contributed by atoms with Crippen LogP contribution in [0.5, 0.6) is 5.75 Å². The van der Waals surface area contributed by atoms with Gasteiger partial charge >= 0.3 is 0 Å². The number of benzene rings is 2. The van der Waals surface area contributed by atoms with E-state index in [-0.39, 0.29) is 0 Å². The summed E-state index contributed by atoms with van der Waals surface area (Å²) in [5.74, 6) is 0.793. The lowest BCUT2D eigenvalue weighted by atomic mass is 10.1. The van der Waals surface area contributed by atoms with Crippen LogP contribution >= 0.6 is 11.3 Å². The summed E-state index contributed by atoms with van der Waals surface area (Å²) in [6.07, 6.45) is 1.84. The van der Waals surface area contributed by atoms with Crippen molar-refractivity contribution in [1.82, 2.24) is 4.98 Å². The Balaban J connectivity index is 1.90. The molecule has 0 aliphatic heterocycles. The Hall–Kier alpha value is -2.90. The van der Waals surface area contributed by atoms with Gasteiger partial charge in [-0.05, 0) is 30.7 Å². The van der Waals surface area contributed by atoms with E-state index in [1.54, 1.807) is 7.11 Å². The maximum Gasteiger partial charge on any atom is 0.134 e. The van der Waals surface area contributed by atoms with Crippen molar-refractivity contribution in [2.24, 2.45) is 0 Å². The van der Waals surface area contributed by atoms with E-state index < -0.39 is 0 Å². The summed E-state index contributed by atoms with van der Waals surface area (Å²) in [7, 11) is 1.63. The smallest absolute Gasteiger partial charge is 0.134 e. The number of aryl methyl sites for hydroxylation is 1. The largest absolute Gasteiger partial charge is 0.497 e. The molecule has 3 nitrogen and oxygen atoms in total. The Morgan fingerprint density at radius 1 is 1.12 bits per heavy atom. The first kappa shape index (κ1) is 16.0. The van der Waals surface area contributed by atoms with Gasteiger partial charge in [0.25, 0.3) is 0 Å². The summed E-state index contributed by atoms with van der Waals surface area (Å²) in [6, 6.07) is 18.1. The number of thiazole rings is 1. The lowest BCUT2D eigenvalue weighted by Gasteiger charge is -2.00. The lowest BCUT2D eigenvalue weighted by molar-refractivity contribution is 0.415. The molecule has 0 atom stereocenters. The van der Waals surface area contributed by atoms with Crippen LogP contribution in [0.15, 0.2) is 53.9 Å². The highest BCUT2D eigenvalue weighted by atomic mass is 32.1. The van der Waals surface area contributed by atoms with Crippen LogP contribution < -0.4 is 4.74 Å². The molecule has 4 heteroatoms. The Morgan fingerprint density at radius 2 is 1.83 bits per heavy atom. The maximum atomic E-state index is 9.48. The minimum atomic E-state index is 0.559. The number of ether oxygens (including phenoxy) is 1. The van der Waals surface area contributed by atoms with Crippen LogP contribution in [-0.4, -0.2) is 12.1 Å². The number of aromatic nitrogens is 1. The molecule has 0 bridgehead atoms. The Labute approximate surface area is 145 Å². The van der Waals surface area contributed by atoms with Crippen molar-refractivity contribution in [2.75, 3.05) is 7.11 Å². The normalized spacial score (nSPS) is 11.1. The van der Waals surface area contributed by atoms with Gasteiger partial charge in [-0.15, -0.1) is 11.3 Å². The molecule has 118 valence electrons. The van der Waals surface area contributed by atoms with Gasteiger partial charge in [0.2, 0.25) is 0 Å². The Kier molecular flexibility index (Phi) is 4.74. The first-order chi connectivity index (χ1) is 11.7.